The van der Waals surface area contributed by atoms with Gasteiger partial charge in [0, 0.05) is 0 Å². The number of rotatable bonds is 4. The van der Waals surface area contributed by atoms with Gasteiger partial charge < -0.3 is 15.2 Å². The van der Waals surface area contributed by atoms with Crippen LogP contribution >= 0.6 is 0 Å². The number of hydrogen-bond donors (Lipinski definition) is 2. The van der Waals surface area contributed by atoms with Crippen LogP contribution < -0.4 is 10.1 Å². The molecule has 23 heavy (non-hydrogen) atoms. The molecule has 120 valence electrons. The Morgan fingerprint density at radius 3 is 2.43 bits per heavy atom. The molecule has 1 amide bonds. The van der Waals surface area contributed by atoms with Crippen molar-refractivity contribution < 1.29 is 19.4 Å². The highest BCUT2D eigenvalue weighted by Gasteiger charge is 2.70. The van der Waals surface area contributed by atoms with Gasteiger partial charge >= 0.3 is 5.97 Å². The zero-order valence-corrected chi connectivity index (χ0v) is 12.9. The molecule has 0 radical (unpaired) electrons. The Balaban J connectivity index is 1.63. The molecule has 0 saturated heterocycles. The van der Waals surface area contributed by atoms with E-state index in [1.807, 2.05) is 18.2 Å². The molecule has 1 aromatic rings. The Morgan fingerprint density at radius 2 is 1.83 bits per heavy atom. The second-order valence-electron chi connectivity index (χ2n) is 6.75. The summed E-state index contributed by atoms with van der Waals surface area (Å²) in [6.45, 7) is 0. The maximum atomic E-state index is 12.8. The van der Waals surface area contributed by atoms with Crippen LogP contribution in [-0.4, -0.2) is 24.1 Å². The average molecular weight is 313 g/mol. The van der Waals surface area contributed by atoms with Crippen LogP contribution in [0.3, 0.4) is 0 Å². The summed E-state index contributed by atoms with van der Waals surface area (Å²) >= 11 is 0. The summed E-state index contributed by atoms with van der Waals surface area (Å²) in [4.78, 5) is 24.6. The van der Waals surface area contributed by atoms with Crippen molar-refractivity contribution in [1.29, 1.82) is 0 Å². The van der Waals surface area contributed by atoms with Crippen LogP contribution in [0.4, 0.5) is 5.69 Å². The first kappa shape index (κ1) is 14.3. The molecular formula is C18H19NO4. The molecule has 3 aliphatic rings. The Kier molecular flexibility index (Phi) is 3.01. The predicted molar refractivity (Wildman–Crippen MR) is 84.0 cm³/mol. The van der Waals surface area contributed by atoms with Crippen molar-refractivity contribution in [2.24, 2.45) is 29.1 Å². The Hall–Kier alpha value is -2.30. The monoisotopic (exact) mass is 313 g/mol. The minimum Gasteiger partial charge on any atom is -0.495 e. The van der Waals surface area contributed by atoms with Crippen molar-refractivity contribution in [3.63, 3.8) is 0 Å². The van der Waals surface area contributed by atoms with Gasteiger partial charge in [0.1, 0.15) is 5.75 Å². The molecule has 0 aliphatic heterocycles. The molecule has 3 aliphatic carbocycles. The van der Waals surface area contributed by atoms with E-state index in [2.05, 4.69) is 11.4 Å². The van der Waals surface area contributed by atoms with Crippen molar-refractivity contribution in [1.82, 2.24) is 0 Å². The first-order valence-corrected chi connectivity index (χ1v) is 7.93. The molecule has 2 fully saturated rings. The van der Waals surface area contributed by atoms with Gasteiger partial charge in [-0.05, 0) is 42.2 Å². The van der Waals surface area contributed by atoms with Crippen LogP contribution in [0, 0.1) is 29.1 Å². The van der Waals surface area contributed by atoms with Crippen molar-refractivity contribution in [2.75, 3.05) is 12.4 Å². The Bertz CT molecular complexity index is 707. The quantitative estimate of drug-likeness (QED) is 0.838. The third-order valence-corrected chi connectivity index (χ3v) is 5.79. The topological polar surface area (TPSA) is 75.6 Å². The van der Waals surface area contributed by atoms with Crippen LogP contribution in [0.2, 0.25) is 0 Å². The number of amides is 1. The fourth-order valence-corrected chi connectivity index (χ4v) is 4.65. The minimum absolute atomic E-state index is 0.00146. The number of carboxylic acids is 1. The van der Waals surface area contributed by atoms with E-state index >= 15 is 0 Å². The van der Waals surface area contributed by atoms with Crippen molar-refractivity contribution in [3.8, 4) is 5.75 Å². The summed E-state index contributed by atoms with van der Waals surface area (Å²) in [5.74, 6) is -1.59. The lowest BCUT2D eigenvalue weighted by Gasteiger charge is -2.24. The third kappa shape index (κ3) is 1.92. The standard InChI is InChI=1S/C18H19NO4/c1-23-13-5-3-2-4-12(13)19-16(20)14-10-6-7-11(15(14)17(21)22)18(10)8-9-18/h2-7,10-11,14-15H,8-9H2,1H3,(H,19,20)(H,21,22)/t10-,11-,14+,15-/m0/s1. The molecule has 1 spiro atoms. The highest BCUT2D eigenvalue weighted by atomic mass is 16.5. The fourth-order valence-electron chi connectivity index (χ4n) is 4.65. The number of carbonyl (C=O) groups is 2. The zero-order chi connectivity index (χ0) is 16.2. The van der Waals surface area contributed by atoms with E-state index in [1.165, 1.54) is 0 Å². The number of ether oxygens (including phenoxy) is 1. The van der Waals surface area contributed by atoms with E-state index in [4.69, 9.17) is 4.74 Å². The van der Waals surface area contributed by atoms with Gasteiger partial charge in [0.05, 0.1) is 24.6 Å². The number of anilines is 1. The largest absolute Gasteiger partial charge is 0.495 e. The van der Waals surface area contributed by atoms with Gasteiger partial charge in [-0.3, -0.25) is 9.59 Å². The van der Waals surface area contributed by atoms with E-state index in [9.17, 15) is 14.7 Å². The van der Waals surface area contributed by atoms with Gasteiger partial charge in [0.2, 0.25) is 5.91 Å². The summed E-state index contributed by atoms with van der Waals surface area (Å²) in [7, 11) is 1.55. The number of para-hydroxylation sites is 2. The summed E-state index contributed by atoms with van der Waals surface area (Å²) in [6.07, 6.45) is 6.13. The normalized spacial score (nSPS) is 32.0. The Labute approximate surface area is 134 Å². The summed E-state index contributed by atoms with van der Waals surface area (Å²) in [6, 6.07) is 7.18. The molecule has 2 bridgehead atoms. The molecule has 1 aromatic carbocycles. The number of carboxylic acid groups (broad SMARTS) is 1. The molecule has 0 unspecified atom stereocenters. The molecule has 0 aromatic heterocycles. The number of methoxy groups -OCH3 is 1. The second-order valence-corrected chi connectivity index (χ2v) is 6.75. The van der Waals surface area contributed by atoms with Crippen LogP contribution in [0.15, 0.2) is 36.4 Å². The lowest BCUT2D eigenvalue weighted by atomic mass is 9.82. The molecule has 2 N–H and O–H groups in total. The minimum atomic E-state index is -0.867. The molecular weight excluding hydrogens is 294 g/mol. The van der Waals surface area contributed by atoms with Crippen LogP contribution in [-0.2, 0) is 9.59 Å². The molecule has 5 heteroatoms. The second kappa shape index (κ2) is 4.85. The van der Waals surface area contributed by atoms with E-state index in [0.717, 1.165) is 12.8 Å². The van der Waals surface area contributed by atoms with Crippen molar-refractivity contribution in [3.05, 3.63) is 36.4 Å². The van der Waals surface area contributed by atoms with E-state index < -0.39 is 17.8 Å². The smallest absolute Gasteiger partial charge is 0.307 e. The summed E-state index contributed by atoms with van der Waals surface area (Å²) < 4.78 is 5.25. The average Bonchev–Trinajstić information content (AvgIpc) is 3.21. The predicted octanol–water partition coefficient (Wildman–Crippen LogP) is 2.55. The number of benzene rings is 1. The van der Waals surface area contributed by atoms with Crippen LogP contribution in [0.25, 0.3) is 0 Å². The van der Waals surface area contributed by atoms with E-state index in [1.54, 1.807) is 19.2 Å². The number of nitrogens with one attached hydrogen (secondary N) is 1. The summed E-state index contributed by atoms with van der Waals surface area (Å²) in [5, 5.41) is 12.5. The van der Waals surface area contributed by atoms with Gasteiger partial charge in [-0.2, -0.15) is 0 Å². The molecule has 4 atom stereocenters. The van der Waals surface area contributed by atoms with Crippen molar-refractivity contribution >= 4 is 17.6 Å². The highest BCUT2D eigenvalue weighted by molar-refractivity contribution is 5.97. The van der Waals surface area contributed by atoms with Gasteiger partial charge in [0.25, 0.3) is 0 Å². The molecule has 4 rings (SSSR count). The third-order valence-electron chi connectivity index (χ3n) is 5.79. The number of hydrogen-bond acceptors (Lipinski definition) is 3. The lowest BCUT2D eigenvalue weighted by molar-refractivity contribution is -0.146. The molecule has 5 nitrogen and oxygen atoms in total. The van der Waals surface area contributed by atoms with Crippen LogP contribution in [0.1, 0.15) is 12.8 Å². The van der Waals surface area contributed by atoms with Gasteiger partial charge in [-0.1, -0.05) is 24.3 Å². The highest BCUT2D eigenvalue weighted by Crippen LogP contribution is 2.72. The number of carbonyl (C=O) groups excluding carboxylic acids is 1. The fraction of sp³-hybridized carbons (Fsp3) is 0.444. The number of aliphatic carboxylic acids is 1. The SMILES string of the molecule is COc1ccccc1NC(=O)[C@H]1[C@@H](C(=O)O)[C@@H]2C=C[C@@H]1C21CC1. The zero-order valence-electron chi connectivity index (χ0n) is 12.9. The molecule has 0 heterocycles. The first-order chi connectivity index (χ1) is 11.1. The lowest BCUT2D eigenvalue weighted by Crippen LogP contribution is -2.36. The molecule has 2 saturated carbocycles. The van der Waals surface area contributed by atoms with Crippen LogP contribution in [0.5, 0.6) is 5.75 Å². The van der Waals surface area contributed by atoms with Gasteiger partial charge in [-0.15, -0.1) is 0 Å². The van der Waals surface area contributed by atoms with E-state index in [-0.39, 0.29) is 23.2 Å². The maximum Gasteiger partial charge on any atom is 0.307 e. The van der Waals surface area contributed by atoms with E-state index in [0.29, 0.717) is 11.4 Å². The Morgan fingerprint density at radius 1 is 1.17 bits per heavy atom. The summed E-state index contributed by atoms with van der Waals surface area (Å²) in [5.41, 5.74) is 0.618. The van der Waals surface area contributed by atoms with Crippen molar-refractivity contribution in [2.45, 2.75) is 12.8 Å². The maximum absolute atomic E-state index is 12.8. The van der Waals surface area contributed by atoms with Gasteiger partial charge in [0.15, 0.2) is 0 Å². The first-order valence-electron chi connectivity index (χ1n) is 7.93. The number of allylic oxidation sites excluding steroid dienone is 2. The van der Waals surface area contributed by atoms with Gasteiger partial charge in [-0.25, -0.2) is 0 Å².